The number of ether oxygens (including phenoxy) is 1. The smallest absolute Gasteiger partial charge is 0.293 e. The highest BCUT2D eigenvalue weighted by molar-refractivity contribution is 8.18. The molecule has 1 fully saturated rings. The van der Waals surface area contributed by atoms with Gasteiger partial charge in [-0.05, 0) is 48.9 Å². The van der Waals surface area contributed by atoms with Crippen molar-refractivity contribution in [1.82, 2.24) is 4.90 Å². The summed E-state index contributed by atoms with van der Waals surface area (Å²) < 4.78 is 5.74. The van der Waals surface area contributed by atoms with E-state index in [1.807, 2.05) is 31.2 Å². The number of carbonyl (C=O) groups excluding carboxylic acids is 3. The van der Waals surface area contributed by atoms with Crippen LogP contribution in [0, 0.1) is 0 Å². The van der Waals surface area contributed by atoms with Crippen LogP contribution >= 0.6 is 11.8 Å². The molecule has 1 aliphatic rings. The maximum absolute atomic E-state index is 12.6. The predicted octanol–water partition coefficient (Wildman–Crippen LogP) is 4.78. The molecule has 28 heavy (non-hydrogen) atoms. The lowest BCUT2D eigenvalue weighted by molar-refractivity contribution is -0.122. The summed E-state index contributed by atoms with van der Waals surface area (Å²) in [5.41, 5.74) is 1.26. The Morgan fingerprint density at radius 1 is 1.11 bits per heavy atom. The number of hydrogen-bond acceptors (Lipinski definition) is 5. The van der Waals surface area contributed by atoms with E-state index < -0.39 is 11.1 Å². The van der Waals surface area contributed by atoms with Crippen LogP contribution in [0.3, 0.4) is 0 Å². The number of carbonyl (C=O) groups is 3. The van der Waals surface area contributed by atoms with E-state index >= 15 is 0 Å². The van der Waals surface area contributed by atoms with Gasteiger partial charge in [-0.2, -0.15) is 0 Å². The van der Waals surface area contributed by atoms with Crippen LogP contribution in [0.15, 0.2) is 59.5 Å². The SMILES string of the molecule is CC[C@@H](C)Oc1ccc(/C=C2\SC(=O)N(CC(=O)c3ccccc3)C2=O)cc1. The summed E-state index contributed by atoms with van der Waals surface area (Å²) in [4.78, 5) is 38.4. The van der Waals surface area contributed by atoms with Crippen LogP contribution in [0.5, 0.6) is 5.75 Å². The average Bonchev–Trinajstić information content (AvgIpc) is 2.97. The van der Waals surface area contributed by atoms with Gasteiger partial charge >= 0.3 is 0 Å². The van der Waals surface area contributed by atoms with Gasteiger partial charge in [-0.25, -0.2) is 0 Å². The molecule has 0 radical (unpaired) electrons. The number of imide groups is 1. The molecule has 1 aliphatic heterocycles. The fourth-order valence-corrected chi connectivity index (χ4v) is 3.44. The normalized spacial score (nSPS) is 16.5. The number of hydrogen-bond donors (Lipinski definition) is 0. The van der Waals surface area contributed by atoms with Gasteiger partial charge in [0.05, 0.1) is 17.6 Å². The van der Waals surface area contributed by atoms with Crippen molar-refractivity contribution in [1.29, 1.82) is 0 Å². The zero-order chi connectivity index (χ0) is 20.1. The second-order valence-corrected chi connectivity index (χ2v) is 7.46. The van der Waals surface area contributed by atoms with Gasteiger partial charge in [0.2, 0.25) is 0 Å². The van der Waals surface area contributed by atoms with Crippen molar-refractivity contribution in [3.63, 3.8) is 0 Å². The summed E-state index contributed by atoms with van der Waals surface area (Å²) in [6.07, 6.45) is 2.70. The summed E-state index contributed by atoms with van der Waals surface area (Å²) in [5, 5.41) is -0.433. The lowest BCUT2D eigenvalue weighted by Gasteiger charge is -2.12. The number of nitrogens with zero attached hydrogens (tertiary/aromatic N) is 1. The molecule has 0 aromatic heterocycles. The minimum Gasteiger partial charge on any atom is -0.491 e. The molecule has 0 N–H and O–H groups in total. The zero-order valence-corrected chi connectivity index (χ0v) is 16.6. The zero-order valence-electron chi connectivity index (χ0n) is 15.8. The lowest BCUT2D eigenvalue weighted by Crippen LogP contribution is -2.33. The van der Waals surface area contributed by atoms with Gasteiger partial charge in [-0.1, -0.05) is 49.4 Å². The van der Waals surface area contributed by atoms with Crippen molar-refractivity contribution in [2.75, 3.05) is 6.54 Å². The summed E-state index contributed by atoms with van der Waals surface area (Å²) in [6, 6.07) is 16.0. The summed E-state index contributed by atoms with van der Waals surface area (Å²) in [6.45, 7) is 3.80. The van der Waals surface area contributed by atoms with Gasteiger partial charge in [-0.15, -0.1) is 0 Å². The topological polar surface area (TPSA) is 63.7 Å². The van der Waals surface area contributed by atoms with E-state index in [0.29, 0.717) is 10.5 Å². The first-order valence-electron chi connectivity index (χ1n) is 9.08. The summed E-state index contributed by atoms with van der Waals surface area (Å²) in [7, 11) is 0. The van der Waals surface area contributed by atoms with Crippen LogP contribution < -0.4 is 4.74 Å². The Kier molecular flexibility index (Phi) is 6.31. The second kappa shape index (κ2) is 8.89. The molecule has 0 bridgehead atoms. The largest absolute Gasteiger partial charge is 0.491 e. The monoisotopic (exact) mass is 395 g/mol. The summed E-state index contributed by atoms with van der Waals surface area (Å²) >= 11 is 0.847. The van der Waals surface area contributed by atoms with Crippen molar-refractivity contribution in [3.05, 3.63) is 70.6 Å². The number of thioether (sulfide) groups is 1. The molecule has 1 atom stereocenters. The third-order valence-corrected chi connectivity index (χ3v) is 5.27. The molecular formula is C22H21NO4S. The molecule has 5 nitrogen and oxygen atoms in total. The molecule has 1 heterocycles. The van der Waals surface area contributed by atoms with Crippen LogP contribution in [0.4, 0.5) is 4.79 Å². The minimum absolute atomic E-state index is 0.129. The van der Waals surface area contributed by atoms with Crippen molar-refractivity contribution >= 4 is 34.8 Å². The fourth-order valence-electron chi connectivity index (χ4n) is 2.60. The van der Waals surface area contributed by atoms with Crippen LogP contribution in [0.25, 0.3) is 6.08 Å². The number of benzene rings is 2. The van der Waals surface area contributed by atoms with Crippen LogP contribution in [-0.2, 0) is 4.79 Å². The van der Waals surface area contributed by atoms with Crippen LogP contribution in [-0.4, -0.2) is 34.5 Å². The fraction of sp³-hybridized carbons (Fsp3) is 0.227. The van der Waals surface area contributed by atoms with Crippen molar-refractivity contribution in [2.24, 2.45) is 0 Å². The van der Waals surface area contributed by atoms with Gasteiger partial charge in [0, 0.05) is 5.56 Å². The molecule has 1 saturated heterocycles. The Bertz CT molecular complexity index is 906. The minimum atomic E-state index is -0.445. The molecule has 6 heteroatoms. The molecule has 2 aromatic rings. The highest BCUT2D eigenvalue weighted by Gasteiger charge is 2.36. The van der Waals surface area contributed by atoms with Gasteiger partial charge in [0.1, 0.15) is 5.75 Å². The highest BCUT2D eigenvalue weighted by atomic mass is 32.2. The maximum atomic E-state index is 12.6. The number of ketones is 1. The maximum Gasteiger partial charge on any atom is 0.293 e. The predicted molar refractivity (Wildman–Crippen MR) is 110 cm³/mol. The number of rotatable bonds is 7. The van der Waals surface area contributed by atoms with Crippen molar-refractivity contribution in [2.45, 2.75) is 26.4 Å². The highest BCUT2D eigenvalue weighted by Crippen LogP contribution is 2.32. The summed E-state index contributed by atoms with van der Waals surface area (Å²) in [5.74, 6) is 0.0444. The average molecular weight is 395 g/mol. The molecule has 0 spiro atoms. The van der Waals surface area contributed by atoms with E-state index in [-0.39, 0.29) is 18.4 Å². The van der Waals surface area contributed by atoms with E-state index in [9.17, 15) is 14.4 Å². The van der Waals surface area contributed by atoms with E-state index in [2.05, 4.69) is 6.92 Å². The Hall–Kier alpha value is -2.86. The lowest BCUT2D eigenvalue weighted by atomic mass is 10.1. The van der Waals surface area contributed by atoms with E-state index in [0.717, 1.165) is 34.4 Å². The first-order valence-corrected chi connectivity index (χ1v) is 9.90. The molecule has 2 aromatic carbocycles. The quantitative estimate of drug-likeness (QED) is 0.498. The number of amides is 2. The van der Waals surface area contributed by atoms with Gasteiger partial charge in [0.15, 0.2) is 5.78 Å². The Labute approximate surface area is 168 Å². The Balaban J connectivity index is 1.69. The Morgan fingerprint density at radius 2 is 1.79 bits per heavy atom. The van der Waals surface area contributed by atoms with E-state index in [1.165, 1.54) is 0 Å². The first-order chi connectivity index (χ1) is 13.5. The number of Topliss-reactive ketones (excluding diaryl/α,β-unsaturated/α-hetero) is 1. The van der Waals surface area contributed by atoms with Crippen molar-refractivity contribution < 1.29 is 19.1 Å². The van der Waals surface area contributed by atoms with Crippen LogP contribution in [0.1, 0.15) is 36.2 Å². The third-order valence-electron chi connectivity index (χ3n) is 4.36. The molecule has 144 valence electrons. The first kappa shape index (κ1) is 19.9. The second-order valence-electron chi connectivity index (χ2n) is 6.46. The molecule has 0 unspecified atom stereocenters. The molecular weight excluding hydrogens is 374 g/mol. The van der Waals surface area contributed by atoms with Gasteiger partial charge in [0.25, 0.3) is 11.1 Å². The van der Waals surface area contributed by atoms with E-state index in [1.54, 1.807) is 36.4 Å². The van der Waals surface area contributed by atoms with Gasteiger partial charge in [-0.3, -0.25) is 19.3 Å². The standard InChI is InChI=1S/C22H21NO4S/c1-3-15(2)27-18-11-9-16(10-12-18)13-20-21(25)23(22(26)28-20)14-19(24)17-7-5-4-6-8-17/h4-13,15H,3,14H2,1-2H3/b20-13-/t15-/m1/s1. The molecule has 3 rings (SSSR count). The van der Waals surface area contributed by atoms with Gasteiger partial charge < -0.3 is 4.74 Å². The van der Waals surface area contributed by atoms with Crippen molar-refractivity contribution in [3.8, 4) is 5.75 Å². The third kappa shape index (κ3) is 4.70. The molecule has 0 aliphatic carbocycles. The molecule has 2 amide bonds. The molecule has 0 saturated carbocycles. The Morgan fingerprint density at radius 3 is 2.43 bits per heavy atom. The van der Waals surface area contributed by atoms with Crippen LogP contribution in [0.2, 0.25) is 0 Å². The van der Waals surface area contributed by atoms with E-state index in [4.69, 9.17) is 4.74 Å².